The number of hydrogen-bond donors (Lipinski definition) is 1. The van der Waals surface area contributed by atoms with Gasteiger partial charge in [0.15, 0.2) is 0 Å². The molecule has 2 aliphatic heterocycles. The summed E-state index contributed by atoms with van der Waals surface area (Å²) in [7, 11) is 1.87. The predicted octanol–water partition coefficient (Wildman–Crippen LogP) is 3.19. The zero-order valence-corrected chi connectivity index (χ0v) is 16.5. The molecule has 0 fully saturated rings. The first-order valence-electron chi connectivity index (χ1n) is 9.79. The van der Waals surface area contributed by atoms with Gasteiger partial charge < -0.3 is 14.6 Å². The number of fused-ring (bicyclic) bond motifs is 1. The van der Waals surface area contributed by atoms with E-state index in [9.17, 15) is 4.79 Å². The molecular formula is C23H21N5O2. The van der Waals surface area contributed by atoms with E-state index in [4.69, 9.17) is 9.73 Å². The lowest BCUT2D eigenvalue weighted by molar-refractivity contribution is 0.300. The number of aromatic amines is 1. The Morgan fingerprint density at radius 2 is 2.03 bits per heavy atom. The molecular weight excluding hydrogens is 378 g/mol. The van der Waals surface area contributed by atoms with E-state index < -0.39 is 0 Å². The van der Waals surface area contributed by atoms with Crippen LogP contribution in [-0.2, 0) is 13.7 Å². The van der Waals surface area contributed by atoms with Gasteiger partial charge in [-0.2, -0.15) is 5.10 Å². The number of pyridine rings is 1. The number of ether oxygens (including phenoxy) is 1. The second kappa shape index (κ2) is 7.51. The third-order valence-corrected chi connectivity index (χ3v) is 5.22. The minimum Gasteiger partial charge on any atom is -0.487 e. The van der Waals surface area contributed by atoms with Gasteiger partial charge >= 0.3 is 0 Å². The van der Waals surface area contributed by atoms with E-state index in [-0.39, 0.29) is 11.6 Å². The monoisotopic (exact) mass is 399 g/mol. The highest BCUT2D eigenvalue weighted by Gasteiger charge is 2.24. The summed E-state index contributed by atoms with van der Waals surface area (Å²) in [6, 6.07) is 11.5. The number of aryl methyl sites for hydroxylation is 1. The lowest BCUT2D eigenvalue weighted by Crippen LogP contribution is -2.21. The molecule has 2 aromatic heterocycles. The Balaban J connectivity index is 1.28. The van der Waals surface area contributed by atoms with Crippen LogP contribution >= 0.6 is 0 Å². The third kappa shape index (κ3) is 3.57. The van der Waals surface area contributed by atoms with E-state index in [0.29, 0.717) is 6.61 Å². The van der Waals surface area contributed by atoms with E-state index >= 15 is 0 Å². The van der Waals surface area contributed by atoms with Crippen molar-refractivity contribution in [2.75, 3.05) is 6.54 Å². The van der Waals surface area contributed by atoms with Gasteiger partial charge in [0.1, 0.15) is 23.9 Å². The number of amidine groups is 1. The Hall–Kier alpha value is -3.87. The molecule has 3 aromatic rings. The van der Waals surface area contributed by atoms with Crippen molar-refractivity contribution in [3.63, 3.8) is 0 Å². The molecule has 0 aliphatic carbocycles. The van der Waals surface area contributed by atoms with Crippen LogP contribution in [0.3, 0.4) is 0 Å². The largest absolute Gasteiger partial charge is 0.487 e. The average molecular weight is 399 g/mol. The molecule has 0 bridgehead atoms. The van der Waals surface area contributed by atoms with Crippen molar-refractivity contribution in [2.24, 2.45) is 12.0 Å². The first-order chi connectivity index (χ1) is 14.7. The maximum Gasteiger partial charge on any atom is 0.247 e. The van der Waals surface area contributed by atoms with Gasteiger partial charge in [-0.25, -0.2) is 0 Å². The molecule has 5 rings (SSSR count). The van der Waals surface area contributed by atoms with Crippen molar-refractivity contribution in [1.82, 2.24) is 19.7 Å². The molecule has 1 atom stereocenters. The predicted molar refractivity (Wildman–Crippen MR) is 115 cm³/mol. The van der Waals surface area contributed by atoms with Crippen LogP contribution in [0.25, 0.3) is 11.1 Å². The smallest absolute Gasteiger partial charge is 0.247 e. The number of aromatic nitrogens is 3. The van der Waals surface area contributed by atoms with Crippen LogP contribution in [0.15, 0.2) is 83.0 Å². The summed E-state index contributed by atoms with van der Waals surface area (Å²) in [6.45, 7) is 1.19. The normalized spacial score (nSPS) is 17.2. The van der Waals surface area contributed by atoms with Gasteiger partial charge in [0.25, 0.3) is 0 Å². The fourth-order valence-corrected chi connectivity index (χ4v) is 3.70. The van der Waals surface area contributed by atoms with Crippen LogP contribution in [0.4, 0.5) is 0 Å². The zero-order valence-electron chi connectivity index (χ0n) is 16.5. The topological polar surface area (TPSA) is 75.5 Å². The first-order valence-corrected chi connectivity index (χ1v) is 9.79. The van der Waals surface area contributed by atoms with Crippen LogP contribution in [0, 0.1) is 0 Å². The third-order valence-electron chi connectivity index (χ3n) is 5.22. The maximum atomic E-state index is 11.3. The van der Waals surface area contributed by atoms with Crippen molar-refractivity contribution in [1.29, 1.82) is 0 Å². The molecule has 7 nitrogen and oxygen atoms in total. The molecule has 1 unspecified atom stereocenters. The Morgan fingerprint density at radius 3 is 2.80 bits per heavy atom. The van der Waals surface area contributed by atoms with Crippen molar-refractivity contribution < 1.29 is 4.74 Å². The van der Waals surface area contributed by atoms with Crippen molar-refractivity contribution in [2.45, 2.75) is 12.6 Å². The van der Waals surface area contributed by atoms with Crippen molar-refractivity contribution >= 4 is 5.84 Å². The van der Waals surface area contributed by atoms with Gasteiger partial charge in [0.2, 0.25) is 5.56 Å². The molecule has 0 spiro atoms. The van der Waals surface area contributed by atoms with E-state index in [1.807, 2.05) is 43.6 Å². The second-order valence-electron chi connectivity index (χ2n) is 7.32. The maximum absolute atomic E-state index is 11.3. The lowest BCUT2D eigenvalue weighted by Gasteiger charge is -2.16. The number of nitrogens with one attached hydrogen (secondary N) is 1. The molecule has 1 N–H and O–H groups in total. The highest BCUT2D eigenvalue weighted by atomic mass is 16.5. The Morgan fingerprint density at radius 1 is 1.17 bits per heavy atom. The summed E-state index contributed by atoms with van der Waals surface area (Å²) < 4.78 is 7.74. The number of allylic oxidation sites excluding steroid dienone is 2. The average Bonchev–Trinajstić information content (AvgIpc) is 3.36. The van der Waals surface area contributed by atoms with E-state index in [2.05, 4.69) is 33.3 Å². The fraction of sp³-hybridized carbons (Fsp3) is 0.174. The van der Waals surface area contributed by atoms with Crippen molar-refractivity contribution in [3.8, 4) is 16.9 Å². The zero-order chi connectivity index (χ0) is 20.5. The fourth-order valence-electron chi connectivity index (χ4n) is 3.70. The number of rotatable bonds is 5. The molecule has 4 heterocycles. The van der Waals surface area contributed by atoms with Crippen LogP contribution < -0.4 is 10.3 Å². The summed E-state index contributed by atoms with van der Waals surface area (Å²) in [4.78, 5) is 21.0. The lowest BCUT2D eigenvalue weighted by atomic mass is 10.1. The molecule has 1 aromatic carbocycles. The van der Waals surface area contributed by atoms with Gasteiger partial charge in [-0.3, -0.25) is 14.5 Å². The number of aliphatic imine (C=N–C) groups is 1. The second-order valence-corrected chi connectivity index (χ2v) is 7.32. The molecule has 7 heteroatoms. The van der Waals surface area contributed by atoms with Gasteiger partial charge in [-0.15, -0.1) is 0 Å². The quantitative estimate of drug-likeness (QED) is 0.715. The number of nitrogens with zero attached hydrogens (tertiary/aromatic N) is 4. The van der Waals surface area contributed by atoms with Gasteiger partial charge in [0, 0.05) is 42.8 Å². The molecule has 0 saturated carbocycles. The van der Waals surface area contributed by atoms with E-state index in [0.717, 1.165) is 40.5 Å². The van der Waals surface area contributed by atoms with Gasteiger partial charge in [-0.1, -0.05) is 18.2 Å². The number of benzene rings is 1. The minimum atomic E-state index is -0.129. The Labute approximate surface area is 173 Å². The molecule has 0 radical (unpaired) electrons. The van der Waals surface area contributed by atoms with Gasteiger partial charge in [-0.05, 0) is 35.9 Å². The highest BCUT2D eigenvalue weighted by molar-refractivity contribution is 5.96. The first kappa shape index (κ1) is 18.2. The number of H-pyrrole nitrogens is 1. The Bertz CT molecular complexity index is 1200. The van der Waals surface area contributed by atoms with Crippen LogP contribution in [0.2, 0.25) is 0 Å². The summed E-state index contributed by atoms with van der Waals surface area (Å²) in [5, 5.41) is 4.51. The van der Waals surface area contributed by atoms with Crippen LogP contribution in [0.5, 0.6) is 5.75 Å². The SMILES string of the molecule is Cn1cc(-c2ccc(=O)[nH]c2)c(COc2ccc(C3CN4C=CC=CC4=N3)cc2)n1. The molecule has 0 amide bonds. The van der Waals surface area contributed by atoms with Crippen molar-refractivity contribution in [3.05, 3.63) is 94.8 Å². The molecule has 30 heavy (non-hydrogen) atoms. The summed E-state index contributed by atoms with van der Waals surface area (Å²) in [6.07, 6.45) is 11.7. The van der Waals surface area contributed by atoms with E-state index in [1.54, 1.807) is 16.9 Å². The highest BCUT2D eigenvalue weighted by Crippen LogP contribution is 2.28. The van der Waals surface area contributed by atoms with Crippen LogP contribution in [-0.4, -0.2) is 32.0 Å². The molecule has 2 aliphatic rings. The van der Waals surface area contributed by atoms with Gasteiger partial charge in [0.05, 0.1) is 12.6 Å². The minimum absolute atomic E-state index is 0.129. The summed E-state index contributed by atoms with van der Waals surface area (Å²) in [5.41, 5.74) is 3.68. The standard InChI is InChI=1S/C23H21N5O2/c1-27-13-19(17-7-10-23(29)24-12-17)21(26-27)15-30-18-8-5-16(6-9-18)20-14-28-11-3-2-4-22(28)25-20/h2-13,20H,14-15H2,1H3,(H,24,29). The molecule has 0 saturated heterocycles. The van der Waals surface area contributed by atoms with E-state index in [1.165, 1.54) is 6.07 Å². The summed E-state index contributed by atoms with van der Waals surface area (Å²) in [5.74, 6) is 1.78. The number of hydrogen-bond acceptors (Lipinski definition) is 5. The summed E-state index contributed by atoms with van der Waals surface area (Å²) >= 11 is 0. The molecule has 150 valence electrons. The van der Waals surface area contributed by atoms with Crippen LogP contribution in [0.1, 0.15) is 17.3 Å². The Kier molecular flexibility index (Phi) is 4.55.